The molecule has 0 radical (unpaired) electrons. The number of amides is 1. The van der Waals surface area contributed by atoms with Crippen molar-refractivity contribution in [3.63, 3.8) is 0 Å². The Morgan fingerprint density at radius 3 is 2.66 bits per heavy atom. The third kappa shape index (κ3) is 3.37. The molecule has 156 valence electrons. The maximum atomic E-state index is 14.1. The molecule has 1 saturated heterocycles. The van der Waals surface area contributed by atoms with Crippen LogP contribution in [-0.4, -0.2) is 62.5 Å². The summed E-state index contributed by atoms with van der Waals surface area (Å²) in [5, 5.41) is 0. The van der Waals surface area contributed by atoms with Crippen LogP contribution in [0.2, 0.25) is 0 Å². The minimum Gasteiger partial charge on any atom is -0.361 e. The largest absolute Gasteiger partial charge is 0.361 e. The van der Waals surface area contributed by atoms with E-state index in [-0.39, 0.29) is 17.1 Å². The monoisotopic (exact) mass is 397 g/mol. The number of carbonyl (C=O) groups excluding carboxylic acids is 1. The van der Waals surface area contributed by atoms with Crippen LogP contribution in [0, 0.1) is 23.6 Å². The Hall–Kier alpha value is -1.88. The fourth-order valence-electron chi connectivity index (χ4n) is 6.22. The third-order valence-electron chi connectivity index (χ3n) is 7.91. The van der Waals surface area contributed by atoms with Crippen LogP contribution >= 0.6 is 0 Å². The second kappa shape index (κ2) is 7.12. The smallest absolute Gasteiger partial charge is 0.241 e. The summed E-state index contributed by atoms with van der Waals surface area (Å²) in [6.45, 7) is 4.55. The summed E-state index contributed by atoms with van der Waals surface area (Å²) in [4.78, 5) is 18.8. The number of hydrogen-bond acceptors (Lipinski definition) is 3. The Labute approximate surface area is 173 Å². The fraction of sp³-hybridized carbons (Fsp3) is 0.625. The first-order valence-corrected chi connectivity index (χ1v) is 11.1. The number of fused-ring (bicyclic) bond motifs is 4. The molecule has 2 aliphatic carbocycles. The molecule has 0 aromatic heterocycles. The van der Waals surface area contributed by atoms with Gasteiger partial charge in [0, 0.05) is 38.3 Å². The SMILES string of the molecule is CN(C)C(=O)CN1CC2(CCN(C[C@H]3C[C@H]4C=C[C@H]3C4)CC2)c2cc(F)ccc21. The van der Waals surface area contributed by atoms with E-state index in [4.69, 9.17) is 0 Å². The van der Waals surface area contributed by atoms with E-state index < -0.39 is 0 Å². The van der Waals surface area contributed by atoms with E-state index in [9.17, 15) is 9.18 Å². The van der Waals surface area contributed by atoms with Crippen LogP contribution < -0.4 is 4.90 Å². The lowest BCUT2D eigenvalue weighted by atomic mass is 9.74. The standard InChI is InChI=1S/C24H32FN3O/c1-26(2)23(29)15-28-16-24(21-13-20(25)5-6-22(21)28)7-9-27(10-8-24)14-19-12-17-3-4-18(19)11-17/h3-6,13,17-19H,7-12,14-16H2,1-2H3/t17-,18-,19+/m0/s1. The molecule has 3 atom stereocenters. The summed E-state index contributed by atoms with van der Waals surface area (Å²) in [6.07, 6.45) is 9.68. The summed E-state index contributed by atoms with van der Waals surface area (Å²) >= 11 is 0. The van der Waals surface area contributed by atoms with Gasteiger partial charge in [0.15, 0.2) is 0 Å². The number of rotatable bonds is 4. The van der Waals surface area contributed by atoms with Gasteiger partial charge in [0.1, 0.15) is 5.82 Å². The van der Waals surface area contributed by atoms with Crippen molar-refractivity contribution in [2.75, 3.05) is 51.7 Å². The van der Waals surface area contributed by atoms with Crippen molar-refractivity contribution in [1.29, 1.82) is 0 Å². The maximum absolute atomic E-state index is 14.1. The van der Waals surface area contributed by atoms with Crippen molar-refractivity contribution in [1.82, 2.24) is 9.80 Å². The zero-order valence-corrected chi connectivity index (χ0v) is 17.6. The highest BCUT2D eigenvalue weighted by atomic mass is 19.1. The zero-order valence-electron chi connectivity index (χ0n) is 17.6. The van der Waals surface area contributed by atoms with Crippen LogP contribution in [0.25, 0.3) is 0 Å². The van der Waals surface area contributed by atoms with Crippen molar-refractivity contribution in [3.8, 4) is 0 Å². The van der Waals surface area contributed by atoms with Crippen LogP contribution in [0.5, 0.6) is 0 Å². The topological polar surface area (TPSA) is 26.8 Å². The second-order valence-corrected chi connectivity index (χ2v) is 9.93. The first-order chi connectivity index (χ1) is 13.9. The molecule has 1 saturated carbocycles. The summed E-state index contributed by atoms with van der Waals surface area (Å²) < 4.78 is 14.1. The van der Waals surface area contributed by atoms with Crippen molar-refractivity contribution < 1.29 is 9.18 Å². The molecule has 5 rings (SSSR count). The quantitative estimate of drug-likeness (QED) is 0.730. The van der Waals surface area contributed by atoms with Gasteiger partial charge in [-0.2, -0.15) is 0 Å². The van der Waals surface area contributed by atoms with Gasteiger partial charge in [0.25, 0.3) is 0 Å². The minimum absolute atomic E-state index is 0.0187. The molecule has 2 bridgehead atoms. The van der Waals surface area contributed by atoms with Crippen LogP contribution in [0.15, 0.2) is 30.4 Å². The van der Waals surface area contributed by atoms with E-state index in [2.05, 4.69) is 22.0 Å². The Bertz CT molecular complexity index is 827. The Balaban J connectivity index is 1.30. The van der Waals surface area contributed by atoms with Crippen LogP contribution in [0.3, 0.4) is 0 Å². The number of carbonyl (C=O) groups is 1. The number of hydrogen-bond donors (Lipinski definition) is 0. The molecule has 0 N–H and O–H groups in total. The lowest BCUT2D eigenvalue weighted by molar-refractivity contribution is -0.127. The predicted molar refractivity (Wildman–Crippen MR) is 114 cm³/mol. The van der Waals surface area contributed by atoms with Crippen LogP contribution in [-0.2, 0) is 10.2 Å². The van der Waals surface area contributed by atoms with E-state index >= 15 is 0 Å². The molecule has 2 fully saturated rings. The van der Waals surface area contributed by atoms with Gasteiger partial charge < -0.3 is 14.7 Å². The normalized spacial score (nSPS) is 29.6. The number of anilines is 1. The highest BCUT2D eigenvalue weighted by Gasteiger charge is 2.46. The first-order valence-electron chi connectivity index (χ1n) is 11.1. The molecule has 4 aliphatic rings. The second-order valence-electron chi connectivity index (χ2n) is 9.93. The predicted octanol–water partition coefficient (Wildman–Crippen LogP) is 3.28. The number of likely N-dealkylation sites (tertiary alicyclic amines) is 1. The number of nitrogens with zero attached hydrogens (tertiary/aromatic N) is 3. The van der Waals surface area contributed by atoms with E-state index in [0.717, 1.165) is 61.5 Å². The van der Waals surface area contributed by atoms with E-state index in [1.54, 1.807) is 25.1 Å². The molecule has 2 aliphatic heterocycles. The van der Waals surface area contributed by atoms with Gasteiger partial charge in [-0.05, 0) is 80.3 Å². The molecular formula is C24H32FN3O. The van der Waals surface area contributed by atoms with Gasteiger partial charge in [0.2, 0.25) is 5.91 Å². The molecule has 1 spiro atoms. The number of allylic oxidation sites excluding steroid dienone is 2. The highest BCUT2D eigenvalue weighted by Crippen LogP contribution is 2.48. The molecular weight excluding hydrogens is 365 g/mol. The molecule has 5 heteroatoms. The molecule has 2 heterocycles. The van der Waals surface area contributed by atoms with Crippen molar-refractivity contribution in [3.05, 3.63) is 41.7 Å². The van der Waals surface area contributed by atoms with Gasteiger partial charge in [-0.25, -0.2) is 4.39 Å². The van der Waals surface area contributed by atoms with Gasteiger partial charge >= 0.3 is 0 Å². The number of benzene rings is 1. The number of piperidine rings is 1. The van der Waals surface area contributed by atoms with Gasteiger partial charge in [-0.3, -0.25) is 4.79 Å². The summed E-state index contributed by atoms with van der Waals surface area (Å²) in [7, 11) is 3.59. The molecule has 1 amide bonds. The summed E-state index contributed by atoms with van der Waals surface area (Å²) in [5.74, 6) is 2.37. The van der Waals surface area contributed by atoms with Crippen molar-refractivity contribution in [2.45, 2.75) is 31.1 Å². The van der Waals surface area contributed by atoms with E-state index in [1.807, 2.05) is 6.07 Å². The molecule has 1 aromatic rings. The van der Waals surface area contributed by atoms with Crippen molar-refractivity contribution >= 4 is 11.6 Å². The molecule has 1 aromatic carbocycles. The lowest BCUT2D eigenvalue weighted by Gasteiger charge is -2.41. The Morgan fingerprint density at radius 1 is 1.21 bits per heavy atom. The fourth-order valence-corrected chi connectivity index (χ4v) is 6.22. The first kappa shape index (κ1) is 19.1. The molecule has 4 nitrogen and oxygen atoms in total. The average molecular weight is 398 g/mol. The maximum Gasteiger partial charge on any atom is 0.241 e. The minimum atomic E-state index is -0.167. The summed E-state index contributed by atoms with van der Waals surface area (Å²) in [5.41, 5.74) is 2.15. The highest BCUT2D eigenvalue weighted by molar-refractivity contribution is 5.82. The van der Waals surface area contributed by atoms with Gasteiger partial charge in [0.05, 0.1) is 6.54 Å². The Kier molecular flexibility index (Phi) is 4.69. The van der Waals surface area contributed by atoms with E-state index in [1.165, 1.54) is 25.5 Å². The lowest BCUT2D eigenvalue weighted by Crippen LogP contribution is -2.47. The van der Waals surface area contributed by atoms with Gasteiger partial charge in [-0.15, -0.1) is 0 Å². The van der Waals surface area contributed by atoms with Crippen LogP contribution in [0.1, 0.15) is 31.2 Å². The molecule has 0 unspecified atom stereocenters. The number of halogens is 1. The third-order valence-corrected chi connectivity index (χ3v) is 7.91. The molecule has 29 heavy (non-hydrogen) atoms. The summed E-state index contributed by atoms with van der Waals surface area (Å²) in [6, 6.07) is 5.13. The van der Waals surface area contributed by atoms with E-state index in [0.29, 0.717) is 6.54 Å². The van der Waals surface area contributed by atoms with Gasteiger partial charge in [-0.1, -0.05) is 12.2 Å². The van der Waals surface area contributed by atoms with Crippen LogP contribution in [0.4, 0.5) is 10.1 Å². The average Bonchev–Trinajstić information content (AvgIpc) is 3.38. The number of likely N-dealkylation sites (N-methyl/N-ethyl adjacent to an activating group) is 1. The Morgan fingerprint density at radius 2 is 2.00 bits per heavy atom. The zero-order chi connectivity index (χ0) is 20.2. The van der Waals surface area contributed by atoms with Crippen molar-refractivity contribution in [2.24, 2.45) is 17.8 Å².